The number of likely N-dealkylation sites (N-methyl/N-ethyl adjacent to an activating group) is 1. The topological polar surface area (TPSA) is 15.6 Å². The molecule has 37 heavy (non-hydrogen) atoms. The Labute approximate surface area is 218 Å². The summed E-state index contributed by atoms with van der Waals surface area (Å²) < 4.78 is 14.3. The number of hydrogen-bond donors (Lipinski definition) is 0. The number of benzene rings is 4. The van der Waals surface area contributed by atoms with Gasteiger partial charge in [-0.1, -0.05) is 86.7 Å². The van der Waals surface area contributed by atoms with Gasteiger partial charge in [0.2, 0.25) is 0 Å². The van der Waals surface area contributed by atoms with Crippen molar-refractivity contribution in [3.05, 3.63) is 131 Å². The van der Waals surface area contributed by atoms with Gasteiger partial charge in [0.25, 0.3) is 0 Å². The lowest BCUT2D eigenvalue weighted by atomic mass is 9.74. The highest BCUT2D eigenvalue weighted by Crippen LogP contribution is 2.50. The van der Waals surface area contributed by atoms with Crippen LogP contribution in [0.25, 0.3) is 10.8 Å². The van der Waals surface area contributed by atoms with Crippen LogP contribution in [-0.2, 0) is 17.3 Å². The molecule has 0 saturated carbocycles. The second-order valence-corrected chi connectivity index (χ2v) is 10.9. The zero-order valence-corrected chi connectivity index (χ0v) is 21.8. The van der Waals surface area contributed by atoms with Gasteiger partial charge in [0.1, 0.15) is 5.82 Å². The summed E-state index contributed by atoms with van der Waals surface area (Å²) in [5.41, 5.74) is 7.27. The van der Waals surface area contributed by atoms with E-state index >= 15 is 0 Å². The van der Waals surface area contributed by atoms with Crippen LogP contribution in [0.15, 0.2) is 114 Å². The molecule has 0 aliphatic carbocycles. The number of nitrogens with zero attached hydrogens (tertiary/aromatic N) is 2. The maximum absolute atomic E-state index is 14.3. The molecule has 4 aromatic rings. The second-order valence-electron chi connectivity index (χ2n) is 10.9. The third kappa shape index (κ3) is 3.72. The lowest BCUT2D eigenvalue weighted by Gasteiger charge is -2.27. The van der Waals surface area contributed by atoms with E-state index in [1.165, 1.54) is 39.4 Å². The first-order chi connectivity index (χ1) is 17.8. The largest absolute Gasteiger partial charge is 0.347 e. The molecule has 4 aromatic carbocycles. The SMILES string of the molecule is CN1/C(=C/C=C/C2=Nc3ccc(F)cc3C2(C)Cc2ccccc2)C(C)(C)c2ccc3ccccc3c21. The molecule has 1 unspecified atom stereocenters. The molecule has 2 nitrogen and oxygen atoms in total. The van der Waals surface area contributed by atoms with E-state index in [4.69, 9.17) is 4.99 Å². The van der Waals surface area contributed by atoms with Crippen LogP contribution in [0.1, 0.15) is 37.5 Å². The minimum atomic E-state index is -0.413. The highest BCUT2D eigenvalue weighted by atomic mass is 19.1. The van der Waals surface area contributed by atoms with Crippen LogP contribution < -0.4 is 4.90 Å². The average molecular weight is 487 g/mol. The first-order valence-corrected chi connectivity index (χ1v) is 12.9. The van der Waals surface area contributed by atoms with Gasteiger partial charge in [0, 0.05) is 29.0 Å². The molecule has 0 aromatic heterocycles. The van der Waals surface area contributed by atoms with Crippen molar-refractivity contribution in [1.82, 2.24) is 0 Å². The summed E-state index contributed by atoms with van der Waals surface area (Å²) in [6.45, 7) is 6.75. The van der Waals surface area contributed by atoms with Crippen molar-refractivity contribution in [2.75, 3.05) is 11.9 Å². The zero-order valence-electron chi connectivity index (χ0n) is 21.8. The minimum absolute atomic E-state index is 0.130. The molecule has 2 aliphatic heterocycles. The summed E-state index contributed by atoms with van der Waals surface area (Å²) >= 11 is 0. The standard InChI is InChI=1S/C34H31FN2/c1-33(2)27-19-17-24-13-8-9-14-26(24)32(27)37(4)31(33)16-10-15-30-34(3,22-23-11-6-5-7-12-23)28-21-25(35)18-20-29(28)36-30/h5-21H,22H2,1-4H3/b15-10+,31-16+. The van der Waals surface area contributed by atoms with E-state index in [0.717, 1.165) is 23.4 Å². The predicted octanol–water partition coefficient (Wildman–Crippen LogP) is 8.43. The van der Waals surface area contributed by atoms with Gasteiger partial charge < -0.3 is 4.90 Å². The molecule has 3 heteroatoms. The van der Waals surface area contributed by atoms with Gasteiger partial charge in [0.05, 0.1) is 17.1 Å². The molecule has 6 rings (SSSR count). The Balaban J connectivity index is 1.38. The van der Waals surface area contributed by atoms with Crippen molar-refractivity contribution in [3.8, 4) is 0 Å². The van der Waals surface area contributed by atoms with Crippen molar-refractivity contribution in [2.24, 2.45) is 4.99 Å². The van der Waals surface area contributed by atoms with Gasteiger partial charge in [-0.2, -0.15) is 0 Å². The molecule has 0 spiro atoms. The van der Waals surface area contributed by atoms with Crippen LogP contribution in [0, 0.1) is 5.82 Å². The van der Waals surface area contributed by atoms with Gasteiger partial charge in [-0.05, 0) is 65.8 Å². The summed E-state index contributed by atoms with van der Waals surface area (Å²) in [7, 11) is 2.16. The van der Waals surface area contributed by atoms with E-state index in [1.807, 2.05) is 6.07 Å². The van der Waals surface area contributed by atoms with Crippen LogP contribution in [0.2, 0.25) is 0 Å². The number of hydrogen-bond acceptors (Lipinski definition) is 2. The van der Waals surface area contributed by atoms with Crippen LogP contribution in [0.3, 0.4) is 0 Å². The Morgan fingerprint density at radius 3 is 2.43 bits per heavy atom. The highest BCUT2D eigenvalue weighted by Gasteiger charge is 2.40. The molecule has 1 atom stereocenters. The molecule has 0 radical (unpaired) electrons. The number of allylic oxidation sites excluding steroid dienone is 4. The van der Waals surface area contributed by atoms with Gasteiger partial charge >= 0.3 is 0 Å². The third-order valence-corrected chi connectivity index (χ3v) is 8.18. The van der Waals surface area contributed by atoms with Crippen molar-refractivity contribution < 1.29 is 4.39 Å². The first kappa shape index (κ1) is 23.4. The van der Waals surface area contributed by atoms with Crippen molar-refractivity contribution >= 4 is 27.9 Å². The second kappa shape index (κ2) is 8.55. The number of aliphatic imine (C=N–C) groups is 1. The number of anilines is 1. The summed E-state index contributed by atoms with van der Waals surface area (Å²) in [5, 5.41) is 2.53. The number of fused-ring (bicyclic) bond motifs is 4. The van der Waals surface area contributed by atoms with E-state index in [2.05, 4.69) is 112 Å². The Morgan fingerprint density at radius 1 is 0.865 bits per heavy atom. The molecule has 2 heterocycles. The minimum Gasteiger partial charge on any atom is -0.347 e. The maximum atomic E-state index is 14.3. The Hall–Kier alpha value is -3.98. The Morgan fingerprint density at radius 2 is 1.62 bits per heavy atom. The summed E-state index contributed by atoms with van der Waals surface area (Å²) in [6, 6.07) is 28.4. The van der Waals surface area contributed by atoms with Crippen LogP contribution in [0.5, 0.6) is 0 Å². The van der Waals surface area contributed by atoms with Crippen LogP contribution >= 0.6 is 0 Å². The maximum Gasteiger partial charge on any atom is 0.123 e. The molecule has 0 N–H and O–H groups in total. The fourth-order valence-corrected chi connectivity index (χ4v) is 6.20. The van der Waals surface area contributed by atoms with E-state index in [1.54, 1.807) is 12.1 Å². The monoisotopic (exact) mass is 486 g/mol. The summed E-state index contributed by atoms with van der Waals surface area (Å²) in [6.07, 6.45) is 7.20. The quantitative estimate of drug-likeness (QED) is 0.283. The number of rotatable bonds is 4. The lowest BCUT2D eigenvalue weighted by molar-refractivity contribution is 0.607. The molecule has 0 saturated heterocycles. The molecule has 2 aliphatic rings. The Bertz CT molecular complexity index is 1610. The van der Waals surface area contributed by atoms with Gasteiger partial charge in [-0.3, -0.25) is 4.99 Å². The molecule has 184 valence electrons. The fourth-order valence-electron chi connectivity index (χ4n) is 6.20. The van der Waals surface area contributed by atoms with Gasteiger partial charge in [-0.15, -0.1) is 0 Å². The summed E-state index contributed by atoms with van der Waals surface area (Å²) in [5.74, 6) is -0.222. The lowest BCUT2D eigenvalue weighted by Crippen LogP contribution is -2.31. The normalized spacial score (nSPS) is 21.1. The smallest absolute Gasteiger partial charge is 0.123 e. The van der Waals surface area contributed by atoms with E-state index < -0.39 is 5.41 Å². The number of halogens is 1. The summed E-state index contributed by atoms with van der Waals surface area (Å²) in [4.78, 5) is 7.29. The first-order valence-electron chi connectivity index (χ1n) is 12.9. The molecular weight excluding hydrogens is 455 g/mol. The van der Waals surface area contributed by atoms with Crippen molar-refractivity contribution in [3.63, 3.8) is 0 Å². The molecule has 0 amide bonds. The van der Waals surface area contributed by atoms with E-state index in [-0.39, 0.29) is 11.2 Å². The fraction of sp³-hybridized carbons (Fsp3) is 0.206. The third-order valence-electron chi connectivity index (χ3n) is 8.18. The van der Waals surface area contributed by atoms with Crippen molar-refractivity contribution in [2.45, 2.75) is 38.0 Å². The van der Waals surface area contributed by atoms with Crippen LogP contribution in [-0.4, -0.2) is 12.8 Å². The van der Waals surface area contributed by atoms with Gasteiger partial charge in [-0.25, -0.2) is 4.39 Å². The van der Waals surface area contributed by atoms with E-state index in [0.29, 0.717) is 0 Å². The van der Waals surface area contributed by atoms with E-state index in [9.17, 15) is 4.39 Å². The molecule has 0 fully saturated rings. The zero-order chi connectivity index (χ0) is 25.8. The van der Waals surface area contributed by atoms with Crippen molar-refractivity contribution in [1.29, 1.82) is 0 Å². The highest BCUT2D eigenvalue weighted by molar-refractivity contribution is 6.09. The predicted molar refractivity (Wildman–Crippen MR) is 154 cm³/mol. The molecular formula is C34H31FN2. The Kier molecular flexibility index (Phi) is 5.41. The van der Waals surface area contributed by atoms with Crippen LogP contribution in [0.4, 0.5) is 15.8 Å². The van der Waals surface area contributed by atoms with Gasteiger partial charge in [0.15, 0.2) is 0 Å². The average Bonchev–Trinajstić information content (AvgIpc) is 3.27. The molecule has 0 bridgehead atoms.